The molecule has 2 aromatic rings. The lowest BCUT2D eigenvalue weighted by molar-refractivity contribution is -0.155. The Morgan fingerprint density at radius 2 is 1.78 bits per heavy atom. The number of hydrogen-bond donors (Lipinski definition) is 0. The monoisotopic (exact) mass is 389 g/mol. The van der Waals surface area contributed by atoms with Gasteiger partial charge in [-0.05, 0) is 34.9 Å². The first-order chi connectivity index (χ1) is 12.7. The van der Waals surface area contributed by atoms with Gasteiger partial charge in [0.05, 0.1) is 0 Å². The second-order valence-electron chi connectivity index (χ2n) is 7.52. The van der Waals surface area contributed by atoms with Crippen molar-refractivity contribution in [3.8, 4) is 10.6 Å². The number of likely N-dealkylation sites (N-methyl/N-ethyl adjacent to an activating group) is 1. The third-order valence-corrected chi connectivity index (χ3v) is 4.48. The number of rotatable bonds is 7. The van der Waals surface area contributed by atoms with Gasteiger partial charge in [0.2, 0.25) is 0 Å². The topological polar surface area (TPSA) is 62.7 Å². The van der Waals surface area contributed by atoms with Crippen LogP contribution in [-0.4, -0.2) is 66.0 Å². The molecule has 6 nitrogen and oxygen atoms in total. The Labute approximate surface area is 164 Å². The Bertz CT molecular complexity index is 766. The van der Waals surface area contributed by atoms with Crippen LogP contribution >= 0.6 is 11.3 Å². The van der Waals surface area contributed by atoms with Gasteiger partial charge in [-0.2, -0.15) is 0 Å². The van der Waals surface area contributed by atoms with Crippen LogP contribution in [0.4, 0.5) is 0 Å². The average molecular weight is 390 g/mol. The van der Waals surface area contributed by atoms with Crippen molar-refractivity contribution in [3.05, 3.63) is 41.4 Å². The molecule has 1 aromatic carbocycles. The van der Waals surface area contributed by atoms with Gasteiger partial charge in [0, 0.05) is 24.0 Å². The summed E-state index contributed by atoms with van der Waals surface area (Å²) in [5.74, 6) is -0.686. The molecule has 2 rings (SSSR count). The zero-order valence-corrected chi connectivity index (χ0v) is 17.4. The van der Waals surface area contributed by atoms with Crippen LogP contribution < -0.4 is 0 Å². The molecule has 0 radical (unpaired) electrons. The highest BCUT2D eigenvalue weighted by Crippen LogP contribution is 2.24. The summed E-state index contributed by atoms with van der Waals surface area (Å²) in [6.07, 6.45) is 0. The van der Waals surface area contributed by atoms with E-state index in [1.807, 2.05) is 70.1 Å². The number of aromatic nitrogens is 1. The fourth-order valence-corrected chi connectivity index (χ4v) is 3.15. The molecular formula is C20H27N3O3S. The number of amides is 1. The van der Waals surface area contributed by atoms with Crippen LogP contribution in [0.5, 0.6) is 0 Å². The molecular weight excluding hydrogens is 362 g/mol. The molecule has 0 atom stereocenters. The predicted molar refractivity (Wildman–Crippen MR) is 108 cm³/mol. The van der Waals surface area contributed by atoms with Crippen molar-refractivity contribution in [2.45, 2.75) is 26.4 Å². The Kier molecular flexibility index (Phi) is 7.10. The van der Waals surface area contributed by atoms with E-state index in [1.165, 1.54) is 16.2 Å². The van der Waals surface area contributed by atoms with Crippen LogP contribution in [0.2, 0.25) is 0 Å². The van der Waals surface area contributed by atoms with E-state index in [1.54, 1.807) is 5.38 Å². The van der Waals surface area contributed by atoms with Gasteiger partial charge >= 0.3 is 5.97 Å². The summed E-state index contributed by atoms with van der Waals surface area (Å²) in [6, 6.07) is 9.72. The average Bonchev–Trinajstić information content (AvgIpc) is 3.07. The first-order valence-corrected chi connectivity index (χ1v) is 9.70. The van der Waals surface area contributed by atoms with Gasteiger partial charge in [-0.15, -0.1) is 11.3 Å². The second-order valence-corrected chi connectivity index (χ2v) is 8.38. The van der Waals surface area contributed by atoms with Crippen molar-refractivity contribution in [1.82, 2.24) is 14.8 Å². The van der Waals surface area contributed by atoms with E-state index in [-0.39, 0.29) is 12.5 Å². The Hall–Kier alpha value is -2.25. The minimum Gasteiger partial charge on any atom is -0.459 e. The number of carbonyl (C=O) groups excluding carboxylic acids is 2. The van der Waals surface area contributed by atoms with Gasteiger partial charge < -0.3 is 14.5 Å². The Balaban J connectivity index is 2.15. The fourth-order valence-electron chi connectivity index (χ4n) is 2.35. The van der Waals surface area contributed by atoms with Crippen LogP contribution in [0.3, 0.4) is 0 Å². The molecule has 0 aliphatic heterocycles. The van der Waals surface area contributed by atoms with Gasteiger partial charge in [-0.3, -0.25) is 9.59 Å². The normalized spacial score (nSPS) is 11.5. The zero-order chi connectivity index (χ0) is 20.0. The number of carbonyl (C=O) groups is 2. The van der Waals surface area contributed by atoms with E-state index in [0.717, 1.165) is 10.6 Å². The molecule has 0 bridgehead atoms. The maximum Gasteiger partial charge on any atom is 0.326 e. The van der Waals surface area contributed by atoms with Crippen molar-refractivity contribution in [3.63, 3.8) is 0 Å². The van der Waals surface area contributed by atoms with Gasteiger partial charge in [0.15, 0.2) is 0 Å². The van der Waals surface area contributed by atoms with E-state index < -0.39 is 11.6 Å². The zero-order valence-electron chi connectivity index (χ0n) is 16.6. The van der Waals surface area contributed by atoms with E-state index in [4.69, 9.17) is 4.74 Å². The quantitative estimate of drug-likeness (QED) is 0.681. The van der Waals surface area contributed by atoms with Crippen molar-refractivity contribution < 1.29 is 14.3 Å². The molecule has 0 unspecified atom stereocenters. The van der Waals surface area contributed by atoms with E-state index in [0.29, 0.717) is 18.8 Å². The summed E-state index contributed by atoms with van der Waals surface area (Å²) in [6.45, 7) is 6.39. The standard InChI is InChI=1S/C20H27N3O3S/c1-20(2,3)26-17(24)13-23(12-11-22(4)5)19(25)16-14-27-18(21-16)15-9-7-6-8-10-15/h6-10,14H,11-13H2,1-5H3. The summed E-state index contributed by atoms with van der Waals surface area (Å²) < 4.78 is 5.37. The molecule has 0 saturated heterocycles. The number of hydrogen-bond acceptors (Lipinski definition) is 6. The van der Waals surface area contributed by atoms with Gasteiger partial charge in [-0.25, -0.2) is 4.98 Å². The first kappa shape index (κ1) is 21.1. The summed E-state index contributed by atoms with van der Waals surface area (Å²) in [5, 5.41) is 2.52. The maximum absolute atomic E-state index is 12.9. The molecule has 7 heteroatoms. The van der Waals surface area contributed by atoms with Crippen LogP contribution in [0.25, 0.3) is 10.6 Å². The van der Waals surface area contributed by atoms with Gasteiger partial charge in [0.25, 0.3) is 5.91 Å². The number of ether oxygens (including phenoxy) is 1. The Morgan fingerprint density at radius 1 is 1.11 bits per heavy atom. The summed E-state index contributed by atoms with van der Waals surface area (Å²) >= 11 is 1.42. The maximum atomic E-state index is 12.9. The number of esters is 1. The van der Waals surface area contributed by atoms with Crippen molar-refractivity contribution in [2.24, 2.45) is 0 Å². The molecule has 0 spiro atoms. The minimum atomic E-state index is -0.589. The van der Waals surface area contributed by atoms with Gasteiger partial charge in [0.1, 0.15) is 22.8 Å². The lowest BCUT2D eigenvalue weighted by Crippen LogP contribution is -2.42. The molecule has 1 amide bonds. The molecule has 0 saturated carbocycles. The largest absolute Gasteiger partial charge is 0.459 e. The SMILES string of the molecule is CN(C)CCN(CC(=O)OC(C)(C)C)C(=O)c1csc(-c2ccccc2)n1. The summed E-state index contributed by atoms with van der Waals surface area (Å²) in [5.41, 5.74) is 0.726. The lowest BCUT2D eigenvalue weighted by Gasteiger charge is -2.25. The number of benzene rings is 1. The summed E-state index contributed by atoms with van der Waals surface area (Å²) in [7, 11) is 3.85. The molecule has 1 aromatic heterocycles. The molecule has 27 heavy (non-hydrogen) atoms. The highest BCUT2D eigenvalue weighted by Gasteiger charge is 2.24. The molecule has 146 valence electrons. The van der Waals surface area contributed by atoms with Crippen LogP contribution in [-0.2, 0) is 9.53 Å². The van der Waals surface area contributed by atoms with E-state index >= 15 is 0 Å². The predicted octanol–water partition coefficient (Wildman–Crippen LogP) is 3.16. The number of thiazole rings is 1. The molecule has 0 fully saturated rings. The minimum absolute atomic E-state index is 0.0951. The van der Waals surface area contributed by atoms with E-state index in [2.05, 4.69) is 4.98 Å². The van der Waals surface area contributed by atoms with Crippen LogP contribution in [0.1, 0.15) is 31.3 Å². The first-order valence-electron chi connectivity index (χ1n) is 8.82. The van der Waals surface area contributed by atoms with Crippen LogP contribution in [0.15, 0.2) is 35.7 Å². The molecule has 0 aliphatic carbocycles. The highest BCUT2D eigenvalue weighted by atomic mass is 32.1. The van der Waals surface area contributed by atoms with Crippen molar-refractivity contribution in [1.29, 1.82) is 0 Å². The fraction of sp³-hybridized carbons (Fsp3) is 0.450. The van der Waals surface area contributed by atoms with Crippen molar-refractivity contribution in [2.75, 3.05) is 33.7 Å². The van der Waals surface area contributed by atoms with Crippen molar-refractivity contribution >= 4 is 23.2 Å². The lowest BCUT2D eigenvalue weighted by atomic mass is 10.2. The summed E-state index contributed by atoms with van der Waals surface area (Å²) in [4.78, 5) is 33.1. The molecule has 0 aliphatic rings. The smallest absolute Gasteiger partial charge is 0.326 e. The third-order valence-electron chi connectivity index (χ3n) is 3.59. The molecule has 1 heterocycles. The van der Waals surface area contributed by atoms with E-state index in [9.17, 15) is 9.59 Å². The third kappa shape index (κ3) is 6.77. The second kappa shape index (κ2) is 9.10. The van der Waals surface area contributed by atoms with Gasteiger partial charge in [-0.1, -0.05) is 30.3 Å². The molecule has 0 N–H and O–H groups in total. The Morgan fingerprint density at radius 3 is 2.37 bits per heavy atom. The highest BCUT2D eigenvalue weighted by molar-refractivity contribution is 7.13. The number of nitrogens with zero attached hydrogens (tertiary/aromatic N) is 3. The van der Waals surface area contributed by atoms with Crippen LogP contribution in [0, 0.1) is 0 Å².